The van der Waals surface area contributed by atoms with Crippen molar-refractivity contribution in [3.05, 3.63) is 41.2 Å². The minimum absolute atomic E-state index is 0. The van der Waals surface area contributed by atoms with Crippen LogP contribution in [0.1, 0.15) is 54.5 Å². The molecular weight excluding hydrogens is 390 g/mol. The molecule has 8 heteroatoms. The molecule has 0 saturated carbocycles. The van der Waals surface area contributed by atoms with Crippen LogP contribution in [-0.4, -0.2) is 58.6 Å². The lowest BCUT2D eigenvalue weighted by molar-refractivity contribution is 0.0696. The number of methoxy groups -OCH3 is 1. The lowest BCUT2D eigenvalue weighted by Crippen LogP contribution is -2.40. The molecule has 0 radical (unpaired) electrons. The molecule has 1 aliphatic rings. The SMILES string of the molecule is CCN(C(=O)c1nnn(C2CCNCC2)c1C)C(C)Cc1ccc(OC)cc1.Cl. The van der Waals surface area contributed by atoms with Gasteiger partial charge in [-0.25, -0.2) is 4.68 Å². The molecule has 7 nitrogen and oxygen atoms in total. The van der Waals surface area contributed by atoms with Gasteiger partial charge < -0.3 is 15.0 Å². The van der Waals surface area contributed by atoms with E-state index in [1.807, 2.05) is 47.7 Å². The Kier molecular flexibility index (Phi) is 8.46. The lowest BCUT2D eigenvalue weighted by atomic mass is 10.0. The summed E-state index contributed by atoms with van der Waals surface area (Å²) in [6.45, 7) is 8.64. The van der Waals surface area contributed by atoms with Crippen LogP contribution in [0, 0.1) is 6.92 Å². The zero-order chi connectivity index (χ0) is 20.1. The van der Waals surface area contributed by atoms with E-state index in [1.54, 1.807) is 7.11 Å². The average Bonchev–Trinajstić information content (AvgIpc) is 3.11. The maximum Gasteiger partial charge on any atom is 0.276 e. The van der Waals surface area contributed by atoms with Gasteiger partial charge in [0.15, 0.2) is 5.69 Å². The van der Waals surface area contributed by atoms with Crippen molar-refractivity contribution in [3.8, 4) is 5.75 Å². The van der Waals surface area contributed by atoms with Crippen molar-refractivity contribution < 1.29 is 9.53 Å². The van der Waals surface area contributed by atoms with Gasteiger partial charge in [-0.3, -0.25) is 4.79 Å². The molecule has 1 aromatic carbocycles. The molecule has 0 bridgehead atoms. The Hall–Kier alpha value is -2.12. The number of nitrogens with one attached hydrogen (secondary N) is 1. The average molecular weight is 422 g/mol. The maximum absolute atomic E-state index is 13.2. The van der Waals surface area contributed by atoms with Gasteiger partial charge in [-0.2, -0.15) is 0 Å². The predicted molar refractivity (Wildman–Crippen MR) is 116 cm³/mol. The molecule has 1 saturated heterocycles. The molecule has 29 heavy (non-hydrogen) atoms. The van der Waals surface area contributed by atoms with Crippen molar-refractivity contribution in [2.45, 2.75) is 52.1 Å². The van der Waals surface area contributed by atoms with E-state index in [0.29, 0.717) is 18.3 Å². The zero-order valence-corrected chi connectivity index (χ0v) is 18.5. The molecule has 160 valence electrons. The quantitative estimate of drug-likeness (QED) is 0.743. The number of halogens is 1. The minimum Gasteiger partial charge on any atom is -0.497 e. The summed E-state index contributed by atoms with van der Waals surface area (Å²) in [5, 5.41) is 11.9. The van der Waals surface area contributed by atoms with Crippen LogP contribution in [0.3, 0.4) is 0 Å². The van der Waals surface area contributed by atoms with Crippen molar-refractivity contribution >= 4 is 18.3 Å². The van der Waals surface area contributed by atoms with Gasteiger partial charge in [-0.15, -0.1) is 17.5 Å². The number of carbonyl (C=O) groups is 1. The van der Waals surface area contributed by atoms with Crippen LogP contribution in [0.25, 0.3) is 0 Å². The van der Waals surface area contributed by atoms with Gasteiger partial charge in [0.25, 0.3) is 5.91 Å². The Bertz CT molecular complexity index is 787. The summed E-state index contributed by atoms with van der Waals surface area (Å²) in [4.78, 5) is 15.1. The molecule has 1 atom stereocenters. The molecule has 0 spiro atoms. The van der Waals surface area contributed by atoms with Crippen LogP contribution < -0.4 is 10.1 Å². The Morgan fingerprint density at radius 1 is 1.31 bits per heavy atom. The number of likely N-dealkylation sites (N-methyl/N-ethyl adjacent to an activating group) is 1. The number of hydrogen-bond acceptors (Lipinski definition) is 5. The van der Waals surface area contributed by atoms with E-state index in [4.69, 9.17) is 4.74 Å². The summed E-state index contributed by atoms with van der Waals surface area (Å²) in [5.41, 5.74) is 2.52. The van der Waals surface area contributed by atoms with E-state index in [0.717, 1.165) is 43.8 Å². The lowest BCUT2D eigenvalue weighted by Gasteiger charge is -2.28. The van der Waals surface area contributed by atoms with Crippen molar-refractivity contribution in [1.29, 1.82) is 0 Å². The summed E-state index contributed by atoms with van der Waals surface area (Å²) < 4.78 is 7.16. The topological polar surface area (TPSA) is 72.3 Å². The molecule has 1 N–H and O–H groups in total. The van der Waals surface area contributed by atoms with E-state index < -0.39 is 0 Å². The maximum atomic E-state index is 13.2. The number of carbonyl (C=O) groups excluding carboxylic acids is 1. The van der Waals surface area contributed by atoms with E-state index in [2.05, 4.69) is 22.6 Å². The first-order valence-electron chi connectivity index (χ1n) is 10.1. The predicted octanol–water partition coefficient (Wildman–Crippen LogP) is 3.03. The fraction of sp³-hybridized carbons (Fsp3) is 0.571. The third kappa shape index (κ3) is 5.28. The summed E-state index contributed by atoms with van der Waals surface area (Å²) in [6, 6.07) is 8.39. The normalized spacial score (nSPS) is 15.4. The number of benzene rings is 1. The number of nitrogens with zero attached hydrogens (tertiary/aromatic N) is 4. The van der Waals surface area contributed by atoms with Gasteiger partial charge in [0.05, 0.1) is 18.8 Å². The second-order valence-corrected chi connectivity index (χ2v) is 7.44. The van der Waals surface area contributed by atoms with E-state index in [-0.39, 0.29) is 24.4 Å². The Morgan fingerprint density at radius 3 is 2.55 bits per heavy atom. The number of hydrogen-bond donors (Lipinski definition) is 1. The summed E-state index contributed by atoms with van der Waals surface area (Å²) in [6.07, 6.45) is 2.82. The number of aromatic nitrogens is 3. The van der Waals surface area contributed by atoms with Crippen LogP contribution >= 0.6 is 12.4 Å². The van der Waals surface area contributed by atoms with E-state index >= 15 is 0 Å². The molecular formula is C21H32ClN5O2. The molecule has 1 unspecified atom stereocenters. The van der Waals surface area contributed by atoms with Crippen LogP contribution in [-0.2, 0) is 6.42 Å². The fourth-order valence-corrected chi connectivity index (χ4v) is 3.94. The second-order valence-electron chi connectivity index (χ2n) is 7.44. The zero-order valence-electron chi connectivity index (χ0n) is 17.7. The van der Waals surface area contributed by atoms with Gasteiger partial charge in [0.2, 0.25) is 0 Å². The van der Waals surface area contributed by atoms with E-state index in [1.165, 1.54) is 5.56 Å². The number of amides is 1. The van der Waals surface area contributed by atoms with Gasteiger partial charge in [-0.1, -0.05) is 17.3 Å². The molecule has 2 aromatic rings. The highest BCUT2D eigenvalue weighted by Crippen LogP contribution is 2.22. The molecule has 0 aliphatic carbocycles. The first-order chi connectivity index (χ1) is 13.5. The molecule has 1 fully saturated rings. The highest BCUT2D eigenvalue weighted by atomic mass is 35.5. The Morgan fingerprint density at radius 2 is 1.97 bits per heavy atom. The van der Waals surface area contributed by atoms with E-state index in [9.17, 15) is 4.79 Å². The van der Waals surface area contributed by atoms with Gasteiger partial charge in [-0.05, 0) is 70.8 Å². The van der Waals surface area contributed by atoms with Gasteiger partial charge >= 0.3 is 0 Å². The highest BCUT2D eigenvalue weighted by Gasteiger charge is 2.27. The molecule has 1 aliphatic heterocycles. The fourth-order valence-electron chi connectivity index (χ4n) is 3.94. The van der Waals surface area contributed by atoms with Crippen molar-refractivity contribution in [2.75, 3.05) is 26.7 Å². The summed E-state index contributed by atoms with van der Waals surface area (Å²) in [5.74, 6) is 0.797. The van der Waals surface area contributed by atoms with Crippen LogP contribution in [0.2, 0.25) is 0 Å². The van der Waals surface area contributed by atoms with Gasteiger partial charge in [0.1, 0.15) is 5.75 Å². The number of ether oxygens (including phenoxy) is 1. The molecule has 2 heterocycles. The van der Waals surface area contributed by atoms with Crippen LogP contribution in [0.4, 0.5) is 0 Å². The first kappa shape index (κ1) is 23.2. The largest absolute Gasteiger partial charge is 0.497 e. The summed E-state index contributed by atoms with van der Waals surface area (Å²) >= 11 is 0. The standard InChI is InChI=1S/C21H31N5O2.ClH/c1-5-25(15(2)14-17-6-8-19(28-4)9-7-17)21(27)20-16(3)26(24-23-20)18-10-12-22-13-11-18;/h6-9,15,18,22H,5,10-14H2,1-4H3;1H. The summed E-state index contributed by atoms with van der Waals surface area (Å²) in [7, 11) is 1.66. The minimum atomic E-state index is -0.0406. The molecule has 1 aromatic heterocycles. The Balaban J connectivity index is 0.00000300. The van der Waals surface area contributed by atoms with Gasteiger partial charge in [0, 0.05) is 12.6 Å². The highest BCUT2D eigenvalue weighted by molar-refractivity contribution is 5.93. The van der Waals surface area contributed by atoms with Crippen molar-refractivity contribution in [3.63, 3.8) is 0 Å². The first-order valence-corrected chi connectivity index (χ1v) is 10.1. The number of piperidine rings is 1. The third-order valence-corrected chi connectivity index (χ3v) is 5.61. The monoisotopic (exact) mass is 421 g/mol. The van der Waals surface area contributed by atoms with Crippen LogP contribution in [0.15, 0.2) is 24.3 Å². The molecule has 1 amide bonds. The van der Waals surface area contributed by atoms with Crippen LogP contribution in [0.5, 0.6) is 5.75 Å². The smallest absolute Gasteiger partial charge is 0.276 e. The van der Waals surface area contributed by atoms with Crippen molar-refractivity contribution in [2.24, 2.45) is 0 Å². The Labute approximate surface area is 179 Å². The third-order valence-electron chi connectivity index (χ3n) is 5.61. The number of rotatable bonds is 7. The van der Waals surface area contributed by atoms with Crippen molar-refractivity contribution in [1.82, 2.24) is 25.2 Å². The second kappa shape index (κ2) is 10.6. The molecule has 3 rings (SSSR count).